The number of rotatable bonds is 4. The topological polar surface area (TPSA) is 93.3 Å². The molecule has 0 saturated heterocycles. The summed E-state index contributed by atoms with van der Waals surface area (Å²) in [5.41, 5.74) is 0.331. The van der Waals surface area contributed by atoms with Gasteiger partial charge in [0.1, 0.15) is 5.75 Å². The van der Waals surface area contributed by atoms with Crippen LogP contribution in [-0.4, -0.2) is 37.4 Å². The lowest BCUT2D eigenvalue weighted by Crippen LogP contribution is -2.32. The summed E-state index contributed by atoms with van der Waals surface area (Å²) in [6, 6.07) is 11.0. The predicted octanol–water partition coefficient (Wildman–Crippen LogP) is -0.378. The van der Waals surface area contributed by atoms with E-state index in [0.29, 0.717) is 17.0 Å². The maximum Gasteiger partial charge on any atom is 0.492 e. The molecule has 3 rings (SSSR count). The highest BCUT2D eigenvalue weighted by Gasteiger charge is 2.21. The van der Waals surface area contributed by atoms with Crippen molar-refractivity contribution in [2.24, 2.45) is 7.05 Å². The van der Waals surface area contributed by atoms with Gasteiger partial charge in [0.2, 0.25) is 5.82 Å². The van der Waals surface area contributed by atoms with Crippen LogP contribution in [0.4, 0.5) is 0 Å². The van der Waals surface area contributed by atoms with Crippen LogP contribution in [0, 0.1) is 0 Å². The lowest BCUT2D eigenvalue weighted by Gasteiger charge is -2.12. The highest BCUT2D eigenvalue weighted by molar-refractivity contribution is 6.63. The van der Waals surface area contributed by atoms with Gasteiger partial charge in [-0.3, -0.25) is 0 Å². The molecular weight excluding hydrogens is 271 g/mol. The average Bonchev–Trinajstić information content (AvgIpc) is 2.89. The van der Waals surface area contributed by atoms with Gasteiger partial charge in [-0.1, -0.05) is 30.3 Å². The third-order valence-corrected chi connectivity index (χ3v) is 3.10. The molecule has 0 aliphatic heterocycles. The summed E-state index contributed by atoms with van der Waals surface area (Å²) in [4.78, 5) is 1.33. The molecule has 0 unspecified atom stereocenters. The van der Waals surface area contributed by atoms with E-state index in [1.165, 1.54) is 4.80 Å². The number of hydrogen-bond donors (Lipinski definition) is 2. The fourth-order valence-electron chi connectivity index (χ4n) is 2.19. The summed E-state index contributed by atoms with van der Waals surface area (Å²) in [6.45, 7) is 0.103. The number of ether oxygens (including phenoxy) is 1. The van der Waals surface area contributed by atoms with Crippen LogP contribution in [-0.2, 0) is 13.7 Å². The van der Waals surface area contributed by atoms with E-state index in [2.05, 4.69) is 15.4 Å². The van der Waals surface area contributed by atoms with E-state index in [1.807, 2.05) is 30.3 Å². The fraction of sp³-hybridized carbons (Fsp3) is 0.154. The molecule has 0 bridgehead atoms. The lowest BCUT2D eigenvalue weighted by atomic mass is 9.76. The third kappa shape index (κ3) is 2.71. The number of hydrogen-bond acceptors (Lipinski definition) is 6. The lowest BCUT2D eigenvalue weighted by molar-refractivity contribution is 0.296. The Bertz CT molecular complexity index is 775. The van der Waals surface area contributed by atoms with Crippen molar-refractivity contribution >= 4 is 23.4 Å². The minimum Gasteiger partial charge on any atom is -0.486 e. The summed E-state index contributed by atoms with van der Waals surface area (Å²) >= 11 is 0. The molecule has 3 aromatic rings. The molecule has 2 N–H and O–H groups in total. The first-order chi connectivity index (χ1) is 10.1. The van der Waals surface area contributed by atoms with Gasteiger partial charge in [-0.25, -0.2) is 0 Å². The molecule has 0 spiro atoms. The Balaban J connectivity index is 1.95. The van der Waals surface area contributed by atoms with Crippen molar-refractivity contribution < 1.29 is 14.8 Å². The van der Waals surface area contributed by atoms with Gasteiger partial charge in [0.25, 0.3) is 0 Å². The van der Waals surface area contributed by atoms with Crippen LogP contribution in [0.3, 0.4) is 0 Å². The van der Waals surface area contributed by atoms with Gasteiger partial charge >= 0.3 is 7.12 Å². The van der Waals surface area contributed by atoms with Crippen LogP contribution in [0.2, 0.25) is 0 Å². The second kappa shape index (κ2) is 5.51. The first kappa shape index (κ1) is 13.5. The standard InChI is InChI=1S/C13H13BN4O3/c1-18-16-12(15-17-18)8-21-11-7-6-9-4-2-3-5-10(9)13(11)14(19)20/h2-7,19-20H,8H2,1H3. The quantitative estimate of drug-likeness (QED) is 0.634. The van der Waals surface area contributed by atoms with Crippen LogP contribution >= 0.6 is 0 Å². The van der Waals surface area contributed by atoms with Crippen molar-refractivity contribution in [1.82, 2.24) is 20.2 Å². The van der Waals surface area contributed by atoms with E-state index in [9.17, 15) is 10.0 Å². The maximum atomic E-state index is 9.63. The number of fused-ring (bicyclic) bond motifs is 1. The van der Waals surface area contributed by atoms with E-state index < -0.39 is 7.12 Å². The van der Waals surface area contributed by atoms with Crippen LogP contribution in [0.15, 0.2) is 36.4 Å². The van der Waals surface area contributed by atoms with E-state index in [4.69, 9.17) is 4.74 Å². The maximum absolute atomic E-state index is 9.63. The molecule has 0 atom stereocenters. The van der Waals surface area contributed by atoms with E-state index >= 15 is 0 Å². The largest absolute Gasteiger partial charge is 0.492 e. The predicted molar refractivity (Wildman–Crippen MR) is 76.9 cm³/mol. The number of nitrogens with zero attached hydrogens (tertiary/aromatic N) is 4. The van der Waals surface area contributed by atoms with Crippen molar-refractivity contribution in [3.8, 4) is 5.75 Å². The Morgan fingerprint density at radius 2 is 2.00 bits per heavy atom. The van der Waals surface area contributed by atoms with Gasteiger partial charge in [0.05, 0.1) is 7.05 Å². The summed E-state index contributed by atoms with van der Waals surface area (Å²) in [5.74, 6) is 0.806. The second-order valence-corrected chi connectivity index (χ2v) is 4.56. The molecule has 2 aromatic carbocycles. The first-order valence-corrected chi connectivity index (χ1v) is 6.38. The molecule has 0 amide bonds. The Hall–Kier alpha value is -2.45. The molecule has 0 aliphatic carbocycles. The van der Waals surface area contributed by atoms with Gasteiger partial charge in [0.15, 0.2) is 6.61 Å². The molecule has 0 saturated carbocycles. The summed E-state index contributed by atoms with van der Waals surface area (Å²) in [7, 11) is 0.0380. The number of benzene rings is 2. The van der Waals surface area contributed by atoms with Crippen LogP contribution in [0.5, 0.6) is 5.75 Å². The Labute approximate surface area is 120 Å². The van der Waals surface area contributed by atoms with E-state index in [1.54, 1.807) is 13.1 Å². The monoisotopic (exact) mass is 284 g/mol. The van der Waals surface area contributed by atoms with Crippen molar-refractivity contribution in [1.29, 1.82) is 0 Å². The SMILES string of the molecule is Cn1nnc(COc2ccc3ccccc3c2B(O)O)n1. The van der Waals surface area contributed by atoms with Crippen LogP contribution in [0.25, 0.3) is 10.8 Å². The van der Waals surface area contributed by atoms with Crippen molar-refractivity contribution in [2.75, 3.05) is 0 Å². The summed E-state index contributed by atoms with van der Waals surface area (Å²) in [5, 5.41) is 32.4. The normalized spacial score (nSPS) is 10.8. The van der Waals surface area contributed by atoms with Gasteiger partial charge in [0, 0.05) is 5.46 Å². The fourth-order valence-corrected chi connectivity index (χ4v) is 2.19. The van der Waals surface area contributed by atoms with Crippen LogP contribution < -0.4 is 10.2 Å². The number of aromatic nitrogens is 4. The van der Waals surface area contributed by atoms with Gasteiger partial charge in [-0.05, 0) is 22.1 Å². The molecule has 0 fully saturated rings. The van der Waals surface area contributed by atoms with Crippen LogP contribution in [0.1, 0.15) is 5.82 Å². The molecule has 8 heteroatoms. The smallest absolute Gasteiger partial charge is 0.486 e. The minimum absolute atomic E-state index is 0.103. The van der Waals surface area contributed by atoms with Gasteiger partial charge in [-0.2, -0.15) is 4.80 Å². The zero-order valence-corrected chi connectivity index (χ0v) is 11.3. The molecular formula is C13H13BN4O3. The Morgan fingerprint density at radius 1 is 1.19 bits per heavy atom. The van der Waals surface area contributed by atoms with Gasteiger partial charge < -0.3 is 14.8 Å². The highest BCUT2D eigenvalue weighted by atomic mass is 16.5. The van der Waals surface area contributed by atoms with Crippen molar-refractivity contribution in [3.63, 3.8) is 0 Å². The van der Waals surface area contributed by atoms with Crippen molar-refractivity contribution in [2.45, 2.75) is 6.61 Å². The molecule has 106 valence electrons. The molecule has 1 heterocycles. The zero-order chi connectivity index (χ0) is 14.8. The summed E-state index contributed by atoms with van der Waals surface area (Å²) in [6.07, 6.45) is 0. The number of aryl methyl sites for hydroxylation is 1. The molecule has 1 aromatic heterocycles. The molecule has 7 nitrogen and oxygen atoms in total. The Morgan fingerprint density at radius 3 is 2.71 bits per heavy atom. The van der Waals surface area contributed by atoms with E-state index in [0.717, 1.165) is 10.8 Å². The van der Waals surface area contributed by atoms with Crippen molar-refractivity contribution in [3.05, 3.63) is 42.2 Å². The highest BCUT2D eigenvalue weighted by Crippen LogP contribution is 2.19. The summed E-state index contributed by atoms with van der Waals surface area (Å²) < 4.78 is 5.61. The second-order valence-electron chi connectivity index (χ2n) is 4.56. The van der Waals surface area contributed by atoms with E-state index in [-0.39, 0.29) is 6.61 Å². The number of tetrazole rings is 1. The third-order valence-electron chi connectivity index (χ3n) is 3.10. The molecule has 0 radical (unpaired) electrons. The molecule has 0 aliphatic rings. The first-order valence-electron chi connectivity index (χ1n) is 6.38. The molecule has 21 heavy (non-hydrogen) atoms. The average molecular weight is 284 g/mol. The minimum atomic E-state index is -1.62. The zero-order valence-electron chi connectivity index (χ0n) is 11.3. The van der Waals surface area contributed by atoms with Gasteiger partial charge in [-0.15, -0.1) is 10.2 Å². The Kier molecular flexibility index (Phi) is 3.55.